The smallest absolute Gasteiger partial charge is 0.273 e. The molecular weight excluding hydrogens is 342 g/mol. The molecule has 2 heterocycles. The quantitative estimate of drug-likeness (QED) is 0.544. The second-order valence-corrected chi connectivity index (χ2v) is 7.11. The number of carbonyl (C=O) groups is 1. The Bertz CT molecular complexity index is 1060. The number of imidazole rings is 1. The van der Waals surface area contributed by atoms with E-state index in [1.54, 1.807) is 0 Å². The van der Waals surface area contributed by atoms with Crippen LogP contribution < -0.4 is 5.32 Å². The molecule has 0 atom stereocenters. The second-order valence-electron chi connectivity index (χ2n) is 6.27. The van der Waals surface area contributed by atoms with E-state index in [0.29, 0.717) is 5.69 Å². The number of fused-ring (bicyclic) bond motifs is 1. The van der Waals surface area contributed by atoms with Gasteiger partial charge in [-0.15, -0.1) is 11.3 Å². The van der Waals surface area contributed by atoms with Crippen molar-refractivity contribution < 1.29 is 4.79 Å². The average molecular weight is 361 g/mol. The van der Waals surface area contributed by atoms with Crippen LogP contribution in [0.25, 0.3) is 16.2 Å². The summed E-state index contributed by atoms with van der Waals surface area (Å²) in [4.78, 5) is 18.1. The van der Waals surface area contributed by atoms with Crippen molar-refractivity contribution in [2.24, 2.45) is 0 Å². The summed E-state index contributed by atoms with van der Waals surface area (Å²) in [6, 6.07) is 16.2. The van der Waals surface area contributed by atoms with Crippen LogP contribution in [-0.2, 0) is 6.42 Å². The van der Waals surface area contributed by atoms with E-state index in [0.717, 1.165) is 28.3 Å². The van der Waals surface area contributed by atoms with Gasteiger partial charge in [0.15, 0.2) is 4.96 Å². The molecule has 130 valence electrons. The molecule has 0 bridgehead atoms. The van der Waals surface area contributed by atoms with Crippen LogP contribution in [0.1, 0.15) is 28.5 Å². The second kappa shape index (κ2) is 6.77. The molecule has 4 aromatic rings. The van der Waals surface area contributed by atoms with Gasteiger partial charge in [0.25, 0.3) is 5.91 Å². The van der Waals surface area contributed by atoms with Crippen molar-refractivity contribution in [2.45, 2.75) is 20.3 Å². The van der Waals surface area contributed by atoms with E-state index >= 15 is 0 Å². The highest BCUT2D eigenvalue weighted by Gasteiger charge is 2.15. The topological polar surface area (TPSA) is 46.4 Å². The molecule has 0 unspecified atom stereocenters. The first kappa shape index (κ1) is 16.5. The van der Waals surface area contributed by atoms with E-state index in [-0.39, 0.29) is 5.91 Å². The minimum absolute atomic E-state index is 0.131. The fraction of sp³-hybridized carbons (Fsp3) is 0.143. The number of hydrogen-bond acceptors (Lipinski definition) is 3. The maximum atomic E-state index is 12.7. The van der Waals surface area contributed by atoms with Crippen LogP contribution >= 0.6 is 11.3 Å². The van der Waals surface area contributed by atoms with Crippen LogP contribution in [0.5, 0.6) is 0 Å². The molecule has 0 radical (unpaired) electrons. The Hall–Kier alpha value is -2.92. The zero-order valence-corrected chi connectivity index (χ0v) is 15.5. The van der Waals surface area contributed by atoms with Crippen molar-refractivity contribution in [3.63, 3.8) is 0 Å². The summed E-state index contributed by atoms with van der Waals surface area (Å²) in [5.41, 5.74) is 5.77. The standard InChI is InChI=1S/C21H19N3OS/c1-3-15-6-10-17(11-7-15)22-20(25)19-13-26-21-23-18(12-24(19)21)16-8-4-14(2)5-9-16/h4-13H,3H2,1-2H3,(H,22,25). The van der Waals surface area contributed by atoms with Crippen molar-refractivity contribution >= 4 is 27.9 Å². The van der Waals surface area contributed by atoms with Crippen LogP contribution in [-0.4, -0.2) is 15.3 Å². The van der Waals surface area contributed by atoms with Crippen LogP contribution in [0.2, 0.25) is 0 Å². The summed E-state index contributed by atoms with van der Waals surface area (Å²) in [5, 5.41) is 4.81. The van der Waals surface area contributed by atoms with Crippen molar-refractivity contribution in [3.8, 4) is 11.3 Å². The van der Waals surface area contributed by atoms with E-state index in [4.69, 9.17) is 0 Å². The molecular formula is C21H19N3OS. The molecule has 2 aromatic carbocycles. The van der Waals surface area contributed by atoms with Gasteiger partial charge in [-0.05, 0) is 31.0 Å². The molecule has 0 aliphatic carbocycles. The van der Waals surface area contributed by atoms with Gasteiger partial charge in [0, 0.05) is 22.8 Å². The Balaban J connectivity index is 1.61. The maximum absolute atomic E-state index is 12.7. The number of rotatable bonds is 4. The molecule has 2 aromatic heterocycles. The lowest BCUT2D eigenvalue weighted by atomic mass is 10.1. The molecule has 0 fully saturated rings. The number of amides is 1. The Kier molecular flexibility index (Phi) is 4.31. The predicted molar refractivity (Wildman–Crippen MR) is 107 cm³/mol. The first-order valence-corrected chi connectivity index (χ1v) is 9.46. The number of benzene rings is 2. The number of nitrogens with zero attached hydrogens (tertiary/aromatic N) is 2. The van der Waals surface area contributed by atoms with Gasteiger partial charge in [0.05, 0.1) is 5.69 Å². The van der Waals surface area contributed by atoms with Gasteiger partial charge < -0.3 is 5.32 Å². The molecule has 0 aliphatic rings. The monoisotopic (exact) mass is 361 g/mol. The van der Waals surface area contributed by atoms with E-state index in [2.05, 4.69) is 48.4 Å². The number of aromatic nitrogens is 2. The first-order chi connectivity index (χ1) is 12.6. The third-order valence-electron chi connectivity index (χ3n) is 4.41. The predicted octanol–water partition coefficient (Wildman–Crippen LogP) is 5.19. The number of hydrogen-bond donors (Lipinski definition) is 1. The van der Waals surface area contributed by atoms with E-state index in [1.165, 1.54) is 22.5 Å². The minimum atomic E-state index is -0.131. The number of thiazole rings is 1. The largest absolute Gasteiger partial charge is 0.321 e. The highest BCUT2D eigenvalue weighted by molar-refractivity contribution is 7.15. The lowest BCUT2D eigenvalue weighted by molar-refractivity contribution is 0.102. The number of carbonyl (C=O) groups excluding carboxylic acids is 1. The summed E-state index contributed by atoms with van der Waals surface area (Å²) in [6.07, 6.45) is 2.90. The molecule has 0 spiro atoms. The van der Waals surface area contributed by atoms with E-state index in [9.17, 15) is 4.79 Å². The molecule has 5 heteroatoms. The summed E-state index contributed by atoms with van der Waals surface area (Å²) in [5.74, 6) is -0.131. The molecule has 4 nitrogen and oxygen atoms in total. The van der Waals surface area contributed by atoms with Crippen molar-refractivity contribution in [2.75, 3.05) is 5.32 Å². The summed E-state index contributed by atoms with van der Waals surface area (Å²) < 4.78 is 1.86. The maximum Gasteiger partial charge on any atom is 0.273 e. The first-order valence-electron chi connectivity index (χ1n) is 8.58. The van der Waals surface area contributed by atoms with Crippen LogP contribution in [0.3, 0.4) is 0 Å². The zero-order chi connectivity index (χ0) is 18.1. The summed E-state index contributed by atoms with van der Waals surface area (Å²) in [7, 11) is 0. The molecule has 4 rings (SSSR count). The fourth-order valence-corrected chi connectivity index (χ4v) is 3.68. The lowest BCUT2D eigenvalue weighted by Gasteiger charge is -2.05. The molecule has 0 saturated carbocycles. The van der Waals surface area contributed by atoms with Gasteiger partial charge in [-0.3, -0.25) is 9.20 Å². The number of anilines is 1. The molecule has 1 amide bonds. The molecule has 0 aliphatic heterocycles. The molecule has 1 N–H and O–H groups in total. The van der Waals surface area contributed by atoms with E-state index in [1.807, 2.05) is 40.2 Å². The number of nitrogens with one attached hydrogen (secondary N) is 1. The van der Waals surface area contributed by atoms with Crippen molar-refractivity contribution in [3.05, 3.63) is 76.9 Å². The van der Waals surface area contributed by atoms with Gasteiger partial charge in [-0.2, -0.15) is 0 Å². The molecule has 0 saturated heterocycles. The Morgan fingerprint density at radius 3 is 2.54 bits per heavy atom. The molecule has 26 heavy (non-hydrogen) atoms. The van der Waals surface area contributed by atoms with Gasteiger partial charge >= 0.3 is 0 Å². The highest BCUT2D eigenvalue weighted by Crippen LogP contribution is 2.24. The highest BCUT2D eigenvalue weighted by atomic mass is 32.1. The zero-order valence-electron chi connectivity index (χ0n) is 14.7. The third kappa shape index (κ3) is 3.13. The third-order valence-corrected chi connectivity index (χ3v) is 5.25. The summed E-state index contributed by atoms with van der Waals surface area (Å²) >= 11 is 1.47. The summed E-state index contributed by atoms with van der Waals surface area (Å²) in [6.45, 7) is 4.17. The van der Waals surface area contributed by atoms with Gasteiger partial charge in [0.1, 0.15) is 5.69 Å². The normalized spacial score (nSPS) is 11.0. The van der Waals surface area contributed by atoms with Crippen LogP contribution in [0.4, 0.5) is 5.69 Å². The van der Waals surface area contributed by atoms with Gasteiger partial charge in [-0.25, -0.2) is 4.98 Å². The SMILES string of the molecule is CCc1ccc(NC(=O)c2csc3nc(-c4ccc(C)cc4)cn23)cc1. The Morgan fingerprint density at radius 1 is 1.12 bits per heavy atom. The Morgan fingerprint density at radius 2 is 1.85 bits per heavy atom. The van der Waals surface area contributed by atoms with Gasteiger partial charge in [-0.1, -0.05) is 48.9 Å². The number of aryl methyl sites for hydroxylation is 2. The minimum Gasteiger partial charge on any atom is -0.321 e. The fourth-order valence-electron chi connectivity index (χ4n) is 2.83. The van der Waals surface area contributed by atoms with Crippen molar-refractivity contribution in [1.82, 2.24) is 9.38 Å². The van der Waals surface area contributed by atoms with Gasteiger partial charge in [0.2, 0.25) is 0 Å². The lowest BCUT2D eigenvalue weighted by Crippen LogP contribution is -2.13. The Labute approximate surface area is 156 Å². The van der Waals surface area contributed by atoms with E-state index < -0.39 is 0 Å². The van der Waals surface area contributed by atoms with Crippen LogP contribution in [0, 0.1) is 6.92 Å². The van der Waals surface area contributed by atoms with Crippen LogP contribution in [0.15, 0.2) is 60.1 Å². The average Bonchev–Trinajstić information content (AvgIpc) is 3.23. The van der Waals surface area contributed by atoms with Crippen molar-refractivity contribution in [1.29, 1.82) is 0 Å².